The summed E-state index contributed by atoms with van der Waals surface area (Å²) in [6.07, 6.45) is -2.03. The Morgan fingerprint density at radius 3 is 2.30 bits per heavy atom. The number of halogens is 2. The molecule has 3 atom stereocenters. The van der Waals surface area contributed by atoms with Crippen LogP contribution in [-0.2, 0) is 33.3 Å². The number of alkyl halides is 2. The second kappa shape index (κ2) is 8.00. The molecule has 1 heterocycles. The fourth-order valence-electron chi connectivity index (χ4n) is 1.84. The van der Waals surface area contributed by atoms with E-state index < -0.39 is 48.7 Å². The molecule has 23 heavy (non-hydrogen) atoms. The van der Waals surface area contributed by atoms with Gasteiger partial charge in [0.1, 0.15) is 18.8 Å². The minimum absolute atomic E-state index is 0.211. The van der Waals surface area contributed by atoms with E-state index in [0.29, 0.717) is 0 Å². The van der Waals surface area contributed by atoms with E-state index in [2.05, 4.69) is 4.74 Å². The second-order valence-electron chi connectivity index (χ2n) is 4.70. The third kappa shape index (κ3) is 5.27. The number of esters is 3. The van der Waals surface area contributed by atoms with Gasteiger partial charge in [-0.05, 0) is 19.1 Å². The van der Waals surface area contributed by atoms with Crippen molar-refractivity contribution in [3.8, 4) is 0 Å². The third-order valence-corrected chi connectivity index (χ3v) is 2.82. The van der Waals surface area contributed by atoms with Crippen molar-refractivity contribution in [2.24, 2.45) is 0 Å². The fraction of sp³-hybridized carbons (Fsp3) is 0.643. The first-order valence-corrected chi connectivity index (χ1v) is 6.87. The quantitative estimate of drug-likeness (QED) is 0.406. The summed E-state index contributed by atoms with van der Waals surface area (Å²) in [5, 5.41) is 0. The van der Waals surface area contributed by atoms with Gasteiger partial charge in [-0.1, -0.05) is 0 Å². The maximum absolute atomic E-state index is 14.0. The van der Waals surface area contributed by atoms with Crippen molar-refractivity contribution >= 4 is 17.9 Å². The topological polar surface area (TPSA) is 88.1 Å². The molecular formula is C14H18F2O7. The Morgan fingerprint density at radius 1 is 1.13 bits per heavy atom. The lowest BCUT2D eigenvalue weighted by atomic mass is 10.0. The molecule has 0 aromatic rings. The van der Waals surface area contributed by atoms with Crippen LogP contribution in [0.1, 0.15) is 20.8 Å². The van der Waals surface area contributed by atoms with Gasteiger partial charge < -0.3 is 18.9 Å². The Labute approximate surface area is 131 Å². The van der Waals surface area contributed by atoms with Crippen LogP contribution in [-0.4, -0.2) is 55.4 Å². The van der Waals surface area contributed by atoms with Crippen LogP contribution in [0.3, 0.4) is 0 Å². The molecule has 0 amide bonds. The molecule has 9 heteroatoms. The standard InChI is InChI=1S/C14H18F2O7/c1-4-20-13(19)14(15,16)12-6-5-10(22-9(3)18)11(23-12)7-21-8(2)17/h5-6,10-12H,4,7H2,1-3H3/t10-,11+,12-/m0/s1. The number of hydrogen-bond donors (Lipinski definition) is 0. The van der Waals surface area contributed by atoms with E-state index in [0.717, 1.165) is 26.0 Å². The first kappa shape index (κ1) is 19.0. The van der Waals surface area contributed by atoms with E-state index >= 15 is 0 Å². The van der Waals surface area contributed by atoms with Gasteiger partial charge >= 0.3 is 23.8 Å². The Bertz CT molecular complexity index is 490. The smallest absolute Gasteiger partial charge is 0.380 e. The van der Waals surface area contributed by atoms with Gasteiger partial charge in [0.15, 0.2) is 6.10 Å². The van der Waals surface area contributed by atoms with Gasteiger partial charge in [0, 0.05) is 13.8 Å². The lowest BCUT2D eigenvalue weighted by molar-refractivity contribution is -0.207. The van der Waals surface area contributed by atoms with Gasteiger partial charge in [-0.3, -0.25) is 9.59 Å². The Morgan fingerprint density at radius 2 is 1.78 bits per heavy atom. The number of hydrogen-bond acceptors (Lipinski definition) is 7. The summed E-state index contributed by atoms with van der Waals surface area (Å²) in [4.78, 5) is 33.2. The molecule has 130 valence electrons. The Balaban J connectivity index is 2.91. The summed E-state index contributed by atoms with van der Waals surface area (Å²) in [7, 11) is 0. The highest BCUT2D eigenvalue weighted by Gasteiger charge is 2.51. The first-order chi connectivity index (χ1) is 10.7. The molecule has 0 unspecified atom stereocenters. The minimum atomic E-state index is -3.93. The molecule has 0 spiro atoms. The zero-order valence-electron chi connectivity index (χ0n) is 12.9. The fourth-order valence-corrected chi connectivity index (χ4v) is 1.84. The Kier molecular flexibility index (Phi) is 6.62. The summed E-state index contributed by atoms with van der Waals surface area (Å²) in [5.74, 6) is -6.97. The Hall–Kier alpha value is -2.03. The van der Waals surface area contributed by atoms with Crippen molar-refractivity contribution in [1.29, 1.82) is 0 Å². The minimum Gasteiger partial charge on any atom is -0.463 e. The predicted molar refractivity (Wildman–Crippen MR) is 71.6 cm³/mol. The van der Waals surface area contributed by atoms with Crippen LogP contribution >= 0.6 is 0 Å². The lowest BCUT2D eigenvalue weighted by Crippen LogP contribution is -2.50. The van der Waals surface area contributed by atoms with E-state index in [1.54, 1.807) is 0 Å². The lowest BCUT2D eigenvalue weighted by Gasteiger charge is -2.33. The van der Waals surface area contributed by atoms with Gasteiger partial charge in [0.25, 0.3) is 0 Å². The highest BCUT2D eigenvalue weighted by molar-refractivity contribution is 5.78. The molecule has 0 aliphatic carbocycles. The zero-order valence-corrected chi connectivity index (χ0v) is 12.9. The van der Waals surface area contributed by atoms with Crippen molar-refractivity contribution in [3.63, 3.8) is 0 Å². The van der Waals surface area contributed by atoms with Gasteiger partial charge in [-0.2, -0.15) is 8.78 Å². The van der Waals surface area contributed by atoms with Crippen molar-refractivity contribution in [3.05, 3.63) is 12.2 Å². The van der Waals surface area contributed by atoms with Crippen LogP contribution in [0, 0.1) is 0 Å². The number of ether oxygens (including phenoxy) is 4. The molecule has 1 rings (SSSR count). The summed E-state index contributed by atoms with van der Waals surface area (Å²) < 4.78 is 47.0. The third-order valence-electron chi connectivity index (χ3n) is 2.82. The average Bonchev–Trinajstić information content (AvgIpc) is 2.45. The van der Waals surface area contributed by atoms with Crippen LogP contribution in [0.5, 0.6) is 0 Å². The molecule has 0 N–H and O–H groups in total. The monoisotopic (exact) mass is 336 g/mol. The molecule has 0 saturated heterocycles. The van der Waals surface area contributed by atoms with Gasteiger partial charge in [-0.25, -0.2) is 4.79 Å². The number of rotatable bonds is 6. The summed E-state index contributed by atoms with van der Waals surface area (Å²) >= 11 is 0. The molecule has 0 fully saturated rings. The second-order valence-corrected chi connectivity index (χ2v) is 4.70. The van der Waals surface area contributed by atoms with Crippen molar-refractivity contribution in [2.45, 2.75) is 45.0 Å². The highest BCUT2D eigenvalue weighted by atomic mass is 19.3. The van der Waals surface area contributed by atoms with E-state index in [4.69, 9.17) is 14.2 Å². The van der Waals surface area contributed by atoms with E-state index in [9.17, 15) is 23.2 Å². The molecule has 0 aromatic carbocycles. The van der Waals surface area contributed by atoms with E-state index in [-0.39, 0.29) is 6.61 Å². The van der Waals surface area contributed by atoms with Crippen molar-refractivity contribution in [1.82, 2.24) is 0 Å². The van der Waals surface area contributed by atoms with Crippen molar-refractivity contribution < 1.29 is 42.1 Å². The van der Waals surface area contributed by atoms with E-state index in [1.807, 2.05) is 0 Å². The maximum atomic E-state index is 14.0. The average molecular weight is 336 g/mol. The van der Waals surface area contributed by atoms with E-state index in [1.165, 1.54) is 6.92 Å². The number of carbonyl (C=O) groups is 3. The van der Waals surface area contributed by atoms with Gasteiger partial charge in [0.05, 0.1) is 6.61 Å². The molecular weight excluding hydrogens is 318 g/mol. The van der Waals surface area contributed by atoms with Crippen LogP contribution < -0.4 is 0 Å². The molecule has 1 aliphatic rings. The SMILES string of the molecule is CCOC(=O)C(F)(F)[C@@H]1C=C[C@H](OC(C)=O)[C@@H](COC(C)=O)O1. The largest absolute Gasteiger partial charge is 0.463 e. The molecule has 0 aromatic heterocycles. The predicted octanol–water partition coefficient (Wildman–Crippen LogP) is 1.00. The van der Waals surface area contributed by atoms with Crippen LogP contribution in [0.2, 0.25) is 0 Å². The summed E-state index contributed by atoms with van der Waals surface area (Å²) in [5.41, 5.74) is 0. The highest BCUT2D eigenvalue weighted by Crippen LogP contribution is 2.29. The molecule has 0 saturated carbocycles. The zero-order chi connectivity index (χ0) is 17.6. The van der Waals surface area contributed by atoms with Crippen LogP contribution in [0.4, 0.5) is 8.78 Å². The van der Waals surface area contributed by atoms with Crippen LogP contribution in [0.15, 0.2) is 12.2 Å². The van der Waals surface area contributed by atoms with Gasteiger partial charge in [0.2, 0.25) is 0 Å². The van der Waals surface area contributed by atoms with Crippen LogP contribution in [0.25, 0.3) is 0 Å². The molecule has 7 nitrogen and oxygen atoms in total. The molecule has 0 bridgehead atoms. The summed E-state index contributed by atoms with van der Waals surface area (Å²) in [6.45, 7) is 3.04. The molecule has 1 aliphatic heterocycles. The maximum Gasteiger partial charge on any atom is 0.380 e. The van der Waals surface area contributed by atoms with Gasteiger partial charge in [-0.15, -0.1) is 0 Å². The number of carbonyl (C=O) groups excluding carboxylic acids is 3. The summed E-state index contributed by atoms with van der Waals surface area (Å²) in [6, 6.07) is 0. The first-order valence-electron chi connectivity index (χ1n) is 6.87. The molecule has 0 radical (unpaired) electrons. The van der Waals surface area contributed by atoms with Crippen molar-refractivity contribution in [2.75, 3.05) is 13.2 Å². The normalized spacial score (nSPS) is 24.0.